The van der Waals surface area contributed by atoms with Gasteiger partial charge in [-0.05, 0) is 19.1 Å². The first-order valence-corrected chi connectivity index (χ1v) is 7.52. The maximum absolute atomic E-state index is 11.9. The van der Waals surface area contributed by atoms with Crippen LogP contribution >= 0.6 is 11.8 Å². The maximum atomic E-state index is 11.9. The third-order valence-corrected chi connectivity index (χ3v) is 3.42. The number of nitrogens with zero attached hydrogens (tertiary/aromatic N) is 1. The fourth-order valence-corrected chi connectivity index (χ4v) is 2.32. The van der Waals surface area contributed by atoms with Gasteiger partial charge in [0.05, 0.1) is 25.4 Å². The number of hydrogen-bond acceptors (Lipinski definition) is 5. The number of esters is 1. The van der Waals surface area contributed by atoms with Gasteiger partial charge in [0.1, 0.15) is 0 Å². The molecule has 0 aromatic carbocycles. The molecule has 0 aromatic rings. The molecule has 0 spiro atoms. The van der Waals surface area contributed by atoms with Crippen LogP contribution in [0, 0.1) is 0 Å². The lowest BCUT2D eigenvalue weighted by atomic mass is 10.2. The number of rotatable bonds is 7. The van der Waals surface area contributed by atoms with E-state index in [0.29, 0.717) is 18.8 Å². The van der Waals surface area contributed by atoms with Gasteiger partial charge in [-0.1, -0.05) is 0 Å². The monoisotopic (exact) mass is 275 g/mol. The molecular weight excluding hydrogens is 254 g/mol. The molecule has 0 aromatic heterocycles. The summed E-state index contributed by atoms with van der Waals surface area (Å²) in [7, 11) is 1.36. The van der Waals surface area contributed by atoms with Crippen molar-refractivity contribution >= 4 is 23.6 Å². The van der Waals surface area contributed by atoms with Gasteiger partial charge in [0.25, 0.3) is 0 Å². The summed E-state index contributed by atoms with van der Waals surface area (Å²) in [6.07, 6.45) is 4.28. The van der Waals surface area contributed by atoms with Gasteiger partial charge in [-0.3, -0.25) is 9.59 Å². The summed E-state index contributed by atoms with van der Waals surface area (Å²) in [5.74, 6) is 0.208. The van der Waals surface area contributed by atoms with E-state index >= 15 is 0 Å². The minimum absolute atomic E-state index is 0.0573. The molecule has 1 heterocycles. The minimum atomic E-state index is -0.288. The second-order valence-electron chi connectivity index (χ2n) is 4.23. The van der Waals surface area contributed by atoms with E-state index in [4.69, 9.17) is 4.74 Å². The fourth-order valence-electron chi connectivity index (χ4n) is 1.90. The second-order valence-corrected chi connectivity index (χ2v) is 5.10. The van der Waals surface area contributed by atoms with Gasteiger partial charge in [-0.15, -0.1) is 0 Å². The third kappa shape index (κ3) is 5.27. The molecule has 1 amide bonds. The Labute approximate surface area is 112 Å². The van der Waals surface area contributed by atoms with Crippen molar-refractivity contribution in [2.75, 3.05) is 38.8 Å². The van der Waals surface area contributed by atoms with Crippen LogP contribution in [-0.2, 0) is 19.1 Å². The van der Waals surface area contributed by atoms with Crippen molar-refractivity contribution in [2.24, 2.45) is 0 Å². The number of hydrogen-bond donors (Lipinski definition) is 0. The van der Waals surface area contributed by atoms with Crippen LogP contribution in [0.2, 0.25) is 0 Å². The smallest absolute Gasteiger partial charge is 0.307 e. The fraction of sp³-hybridized carbons (Fsp3) is 0.833. The van der Waals surface area contributed by atoms with Crippen LogP contribution in [0.3, 0.4) is 0 Å². The van der Waals surface area contributed by atoms with Crippen molar-refractivity contribution in [3.05, 3.63) is 0 Å². The van der Waals surface area contributed by atoms with Crippen LogP contribution in [0.4, 0.5) is 0 Å². The van der Waals surface area contributed by atoms with Crippen LogP contribution in [0.1, 0.15) is 19.3 Å². The molecule has 1 saturated heterocycles. The second kappa shape index (κ2) is 8.37. The molecule has 0 aliphatic carbocycles. The summed E-state index contributed by atoms with van der Waals surface area (Å²) >= 11 is 1.49. The number of carbonyl (C=O) groups excluding carboxylic acids is 2. The van der Waals surface area contributed by atoms with E-state index < -0.39 is 0 Å². The predicted molar refractivity (Wildman–Crippen MR) is 70.6 cm³/mol. The van der Waals surface area contributed by atoms with Crippen LogP contribution in [0.5, 0.6) is 0 Å². The van der Waals surface area contributed by atoms with E-state index in [0.717, 1.165) is 19.4 Å². The molecule has 0 radical (unpaired) electrons. The van der Waals surface area contributed by atoms with Gasteiger partial charge in [0.15, 0.2) is 0 Å². The van der Waals surface area contributed by atoms with Crippen molar-refractivity contribution in [3.8, 4) is 0 Å². The lowest BCUT2D eigenvalue weighted by Gasteiger charge is -2.24. The highest BCUT2D eigenvalue weighted by atomic mass is 32.2. The Hall–Kier alpha value is -0.750. The highest BCUT2D eigenvalue weighted by Crippen LogP contribution is 2.14. The quantitative estimate of drug-likeness (QED) is 0.647. The summed E-state index contributed by atoms with van der Waals surface area (Å²) in [4.78, 5) is 24.8. The van der Waals surface area contributed by atoms with Crippen molar-refractivity contribution in [3.63, 3.8) is 0 Å². The SMILES string of the molecule is COC(=O)CCN(CC1CCCO1)C(=O)CSC. The number of thioether (sulfide) groups is 1. The number of carbonyl (C=O) groups is 2. The molecule has 0 N–H and O–H groups in total. The normalized spacial score (nSPS) is 18.7. The van der Waals surface area contributed by atoms with E-state index in [1.54, 1.807) is 4.90 Å². The Morgan fingerprint density at radius 2 is 2.28 bits per heavy atom. The van der Waals surface area contributed by atoms with Crippen LogP contribution in [-0.4, -0.2) is 61.7 Å². The average Bonchev–Trinajstić information content (AvgIpc) is 2.87. The van der Waals surface area contributed by atoms with E-state index in [9.17, 15) is 9.59 Å². The molecule has 0 saturated carbocycles. The van der Waals surface area contributed by atoms with Gasteiger partial charge < -0.3 is 14.4 Å². The van der Waals surface area contributed by atoms with Gasteiger partial charge in [-0.2, -0.15) is 11.8 Å². The standard InChI is InChI=1S/C12H21NO4S/c1-16-12(15)5-6-13(11(14)9-18-2)8-10-4-3-7-17-10/h10H,3-9H2,1-2H3. The number of methoxy groups -OCH3 is 1. The molecular formula is C12H21NO4S. The number of ether oxygens (including phenoxy) is 2. The zero-order valence-corrected chi connectivity index (χ0v) is 11.8. The van der Waals surface area contributed by atoms with E-state index in [2.05, 4.69) is 4.74 Å². The highest BCUT2D eigenvalue weighted by molar-refractivity contribution is 7.99. The molecule has 1 fully saturated rings. The first-order valence-electron chi connectivity index (χ1n) is 6.12. The highest BCUT2D eigenvalue weighted by Gasteiger charge is 2.22. The minimum Gasteiger partial charge on any atom is -0.469 e. The Morgan fingerprint density at radius 3 is 2.83 bits per heavy atom. The van der Waals surface area contributed by atoms with Crippen LogP contribution in [0.15, 0.2) is 0 Å². The molecule has 5 nitrogen and oxygen atoms in total. The lowest BCUT2D eigenvalue weighted by Crippen LogP contribution is -2.39. The zero-order valence-electron chi connectivity index (χ0n) is 11.0. The largest absolute Gasteiger partial charge is 0.469 e. The van der Waals surface area contributed by atoms with Gasteiger partial charge in [0.2, 0.25) is 5.91 Å². The molecule has 1 rings (SSSR count). The van der Waals surface area contributed by atoms with Crippen molar-refractivity contribution in [1.29, 1.82) is 0 Å². The summed E-state index contributed by atoms with van der Waals surface area (Å²) in [5.41, 5.74) is 0. The van der Waals surface area contributed by atoms with E-state index in [-0.39, 0.29) is 24.4 Å². The summed E-state index contributed by atoms with van der Waals surface area (Å²) in [6.45, 7) is 1.76. The topological polar surface area (TPSA) is 55.8 Å². The molecule has 0 bridgehead atoms. The average molecular weight is 275 g/mol. The Morgan fingerprint density at radius 1 is 1.50 bits per heavy atom. The molecule has 18 heavy (non-hydrogen) atoms. The molecule has 6 heteroatoms. The first-order chi connectivity index (χ1) is 8.67. The predicted octanol–water partition coefficient (Wildman–Crippen LogP) is 0.920. The molecule has 1 aliphatic heterocycles. The zero-order chi connectivity index (χ0) is 13.4. The summed E-state index contributed by atoms with van der Waals surface area (Å²) in [6, 6.07) is 0. The lowest BCUT2D eigenvalue weighted by molar-refractivity contribution is -0.141. The summed E-state index contributed by atoms with van der Waals surface area (Å²) in [5, 5.41) is 0. The van der Waals surface area contributed by atoms with Crippen molar-refractivity contribution in [1.82, 2.24) is 4.90 Å². The maximum Gasteiger partial charge on any atom is 0.307 e. The van der Waals surface area contributed by atoms with Crippen LogP contribution < -0.4 is 0 Å². The first kappa shape index (κ1) is 15.3. The van der Waals surface area contributed by atoms with Gasteiger partial charge in [-0.25, -0.2) is 0 Å². The Bertz CT molecular complexity index is 279. The molecule has 1 unspecified atom stereocenters. The molecule has 1 aliphatic rings. The van der Waals surface area contributed by atoms with Crippen LogP contribution in [0.25, 0.3) is 0 Å². The van der Waals surface area contributed by atoms with Gasteiger partial charge >= 0.3 is 5.97 Å². The number of amides is 1. The Balaban J connectivity index is 2.44. The summed E-state index contributed by atoms with van der Waals surface area (Å²) < 4.78 is 10.1. The Kier molecular flexibility index (Phi) is 7.12. The third-order valence-electron chi connectivity index (χ3n) is 2.88. The molecule has 104 valence electrons. The van der Waals surface area contributed by atoms with E-state index in [1.807, 2.05) is 6.26 Å². The van der Waals surface area contributed by atoms with E-state index in [1.165, 1.54) is 18.9 Å². The van der Waals surface area contributed by atoms with Gasteiger partial charge in [0, 0.05) is 19.7 Å². The molecule has 1 atom stereocenters. The van der Waals surface area contributed by atoms with Crippen molar-refractivity contribution < 1.29 is 19.1 Å². The van der Waals surface area contributed by atoms with Crippen molar-refractivity contribution in [2.45, 2.75) is 25.4 Å².